The van der Waals surface area contributed by atoms with Gasteiger partial charge in [0.1, 0.15) is 5.84 Å². The van der Waals surface area contributed by atoms with Crippen LogP contribution < -0.4 is 10.6 Å². The van der Waals surface area contributed by atoms with Gasteiger partial charge in [0.05, 0.1) is 5.60 Å². The van der Waals surface area contributed by atoms with E-state index in [4.69, 9.17) is 11.1 Å². The van der Waals surface area contributed by atoms with Gasteiger partial charge in [-0.2, -0.15) is 0 Å². The quantitative estimate of drug-likeness (QED) is 0.584. The van der Waals surface area contributed by atoms with Crippen LogP contribution in [0.4, 0.5) is 5.69 Å². The van der Waals surface area contributed by atoms with Gasteiger partial charge in [0.2, 0.25) is 0 Å². The molecule has 0 saturated carbocycles. The summed E-state index contributed by atoms with van der Waals surface area (Å²) in [5.74, 6) is 0.0725. The number of benzene rings is 2. The Kier molecular flexibility index (Phi) is 4.19. The number of anilines is 1. The maximum atomic E-state index is 10.1. The molecular formula is C17H23N3O. The van der Waals surface area contributed by atoms with Gasteiger partial charge in [-0.05, 0) is 38.3 Å². The van der Waals surface area contributed by atoms with Crippen molar-refractivity contribution in [3.8, 4) is 0 Å². The van der Waals surface area contributed by atoms with Crippen LogP contribution >= 0.6 is 0 Å². The molecule has 0 aromatic heterocycles. The maximum Gasteiger partial charge on any atom is 0.123 e. The molecule has 0 radical (unpaired) electrons. The second kappa shape index (κ2) is 5.74. The standard InChI is InChI=1S/C17H23N3O/c1-4-20(11-17(2,3)21)15-10-9-14(16(18)19)12-7-5-6-8-13(12)15/h5-10,21H,4,11H2,1-3H3,(H3,18,19). The van der Waals surface area contributed by atoms with E-state index < -0.39 is 5.60 Å². The minimum absolute atomic E-state index is 0.0725. The van der Waals surface area contributed by atoms with Crippen molar-refractivity contribution in [3.05, 3.63) is 42.0 Å². The van der Waals surface area contributed by atoms with Gasteiger partial charge in [-0.3, -0.25) is 5.41 Å². The second-order valence-corrected chi connectivity index (χ2v) is 5.92. The molecule has 0 aliphatic heterocycles. The number of amidine groups is 1. The summed E-state index contributed by atoms with van der Waals surface area (Å²) in [6.07, 6.45) is 0. The number of likely N-dealkylation sites (N-methyl/N-ethyl adjacent to an activating group) is 1. The van der Waals surface area contributed by atoms with Crippen LogP contribution in [0, 0.1) is 5.41 Å². The lowest BCUT2D eigenvalue weighted by atomic mass is 10.0. The number of nitrogens with two attached hydrogens (primary N) is 1. The molecule has 0 aliphatic carbocycles. The molecule has 0 spiro atoms. The third kappa shape index (κ3) is 3.34. The van der Waals surface area contributed by atoms with Gasteiger partial charge in [0.25, 0.3) is 0 Å². The summed E-state index contributed by atoms with van der Waals surface area (Å²) in [6, 6.07) is 11.8. The number of aliphatic hydroxyl groups is 1. The van der Waals surface area contributed by atoms with Crippen molar-refractivity contribution < 1.29 is 5.11 Å². The summed E-state index contributed by atoms with van der Waals surface area (Å²) in [4.78, 5) is 2.15. The van der Waals surface area contributed by atoms with E-state index >= 15 is 0 Å². The lowest BCUT2D eigenvalue weighted by Crippen LogP contribution is -2.38. The smallest absolute Gasteiger partial charge is 0.123 e. The summed E-state index contributed by atoms with van der Waals surface area (Å²) < 4.78 is 0. The van der Waals surface area contributed by atoms with Gasteiger partial charge < -0.3 is 15.7 Å². The first kappa shape index (κ1) is 15.3. The Bertz CT molecular complexity index is 659. The zero-order valence-corrected chi connectivity index (χ0v) is 12.9. The molecule has 0 bridgehead atoms. The predicted molar refractivity (Wildman–Crippen MR) is 89.1 cm³/mol. The second-order valence-electron chi connectivity index (χ2n) is 5.92. The zero-order valence-electron chi connectivity index (χ0n) is 12.9. The zero-order chi connectivity index (χ0) is 15.6. The number of hydrogen-bond acceptors (Lipinski definition) is 3. The highest BCUT2D eigenvalue weighted by molar-refractivity contribution is 6.10. The van der Waals surface area contributed by atoms with E-state index in [1.54, 1.807) is 0 Å². The van der Waals surface area contributed by atoms with Crippen LogP contribution in [0.2, 0.25) is 0 Å². The highest BCUT2D eigenvalue weighted by atomic mass is 16.3. The van der Waals surface area contributed by atoms with Crippen molar-refractivity contribution in [1.29, 1.82) is 5.41 Å². The topological polar surface area (TPSA) is 73.3 Å². The van der Waals surface area contributed by atoms with E-state index in [-0.39, 0.29) is 5.84 Å². The molecule has 2 rings (SSSR count). The van der Waals surface area contributed by atoms with E-state index in [0.29, 0.717) is 6.54 Å². The Labute approximate surface area is 125 Å². The first-order valence-electron chi connectivity index (χ1n) is 7.17. The fourth-order valence-electron chi connectivity index (χ4n) is 2.63. The molecule has 21 heavy (non-hydrogen) atoms. The van der Waals surface area contributed by atoms with Crippen LogP contribution in [0.15, 0.2) is 36.4 Å². The van der Waals surface area contributed by atoms with Crippen molar-refractivity contribution in [2.45, 2.75) is 26.4 Å². The van der Waals surface area contributed by atoms with Crippen LogP contribution in [0.1, 0.15) is 26.3 Å². The molecule has 0 atom stereocenters. The van der Waals surface area contributed by atoms with Crippen molar-refractivity contribution >= 4 is 22.3 Å². The Balaban J connectivity index is 2.59. The number of nitrogens with zero attached hydrogens (tertiary/aromatic N) is 1. The van der Waals surface area contributed by atoms with Crippen molar-refractivity contribution in [1.82, 2.24) is 0 Å². The third-order valence-corrected chi connectivity index (χ3v) is 3.49. The molecule has 2 aromatic carbocycles. The average Bonchev–Trinajstić information content (AvgIpc) is 2.42. The van der Waals surface area contributed by atoms with Gasteiger partial charge in [0.15, 0.2) is 0 Å². The molecule has 2 aromatic rings. The van der Waals surface area contributed by atoms with Crippen molar-refractivity contribution in [3.63, 3.8) is 0 Å². The summed E-state index contributed by atoms with van der Waals surface area (Å²) in [7, 11) is 0. The first-order valence-corrected chi connectivity index (χ1v) is 7.17. The Morgan fingerprint density at radius 1 is 1.19 bits per heavy atom. The minimum Gasteiger partial charge on any atom is -0.389 e. The van der Waals surface area contributed by atoms with Crippen LogP contribution in [-0.4, -0.2) is 29.6 Å². The lowest BCUT2D eigenvalue weighted by molar-refractivity contribution is 0.0876. The van der Waals surface area contributed by atoms with Crippen molar-refractivity contribution in [2.75, 3.05) is 18.0 Å². The molecular weight excluding hydrogens is 262 g/mol. The normalized spacial score (nSPS) is 11.6. The molecule has 4 N–H and O–H groups in total. The SMILES string of the molecule is CCN(CC(C)(C)O)c1ccc(C(=N)N)c2ccccc12. The summed E-state index contributed by atoms with van der Waals surface area (Å²) in [5, 5.41) is 19.8. The van der Waals surface area contributed by atoms with Crippen molar-refractivity contribution in [2.24, 2.45) is 5.73 Å². The van der Waals surface area contributed by atoms with Gasteiger partial charge >= 0.3 is 0 Å². The number of rotatable bonds is 5. The predicted octanol–water partition coefficient (Wildman–Crippen LogP) is 2.72. The highest BCUT2D eigenvalue weighted by Crippen LogP contribution is 2.30. The van der Waals surface area contributed by atoms with Crippen LogP contribution in [0.25, 0.3) is 10.8 Å². The van der Waals surface area contributed by atoms with E-state index in [1.165, 1.54) is 0 Å². The number of nitrogen functional groups attached to an aromatic ring is 1. The molecule has 0 unspecified atom stereocenters. The molecule has 0 amide bonds. The summed E-state index contributed by atoms with van der Waals surface area (Å²) in [6.45, 7) is 7.03. The maximum absolute atomic E-state index is 10.1. The largest absolute Gasteiger partial charge is 0.389 e. The van der Waals surface area contributed by atoms with Crippen LogP contribution in [0.5, 0.6) is 0 Å². The van der Waals surface area contributed by atoms with Crippen LogP contribution in [0.3, 0.4) is 0 Å². The molecule has 0 fully saturated rings. The molecule has 0 saturated heterocycles. The first-order chi connectivity index (χ1) is 9.83. The Morgan fingerprint density at radius 2 is 1.81 bits per heavy atom. The Hall–Kier alpha value is -2.07. The fraction of sp³-hybridized carbons (Fsp3) is 0.353. The summed E-state index contributed by atoms with van der Waals surface area (Å²) in [5.41, 5.74) is 6.70. The monoisotopic (exact) mass is 285 g/mol. The van der Waals surface area contributed by atoms with E-state index in [1.807, 2.05) is 50.2 Å². The number of nitrogens with one attached hydrogen (secondary N) is 1. The van der Waals surface area contributed by atoms with Crippen LogP contribution in [-0.2, 0) is 0 Å². The fourth-order valence-corrected chi connectivity index (χ4v) is 2.63. The van der Waals surface area contributed by atoms with Gasteiger partial charge in [0, 0.05) is 29.7 Å². The highest BCUT2D eigenvalue weighted by Gasteiger charge is 2.19. The van der Waals surface area contributed by atoms with Gasteiger partial charge in [-0.1, -0.05) is 24.3 Å². The molecule has 112 valence electrons. The lowest BCUT2D eigenvalue weighted by Gasteiger charge is -2.31. The summed E-state index contributed by atoms with van der Waals surface area (Å²) >= 11 is 0. The number of fused-ring (bicyclic) bond motifs is 1. The molecule has 4 heteroatoms. The Morgan fingerprint density at radius 3 is 2.33 bits per heavy atom. The van der Waals surface area contributed by atoms with E-state index in [9.17, 15) is 5.11 Å². The molecule has 0 aliphatic rings. The average molecular weight is 285 g/mol. The molecule has 0 heterocycles. The minimum atomic E-state index is -0.767. The van der Waals surface area contributed by atoms with E-state index in [2.05, 4.69) is 11.8 Å². The number of hydrogen-bond donors (Lipinski definition) is 3. The van der Waals surface area contributed by atoms with E-state index in [0.717, 1.165) is 28.6 Å². The van der Waals surface area contributed by atoms with Gasteiger partial charge in [-0.15, -0.1) is 0 Å². The van der Waals surface area contributed by atoms with Gasteiger partial charge in [-0.25, -0.2) is 0 Å². The molecule has 4 nitrogen and oxygen atoms in total. The third-order valence-electron chi connectivity index (χ3n) is 3.49.